The third-order valence-electron chi connectivity index (χ3n) is 5.66. The van der Waals surface area contributed by atoms with Crippen molar-refractivity contribution >= 4 is 45.2 Å². The first-order valence-electron chi connectivity index (χ1n) is 10.2. The molecule has 0 aliphatic carbocycles. The Morgan fingerprint density at radius 2 is 1.73 bits per heavy atom. The van der Waals surface area contributed by atoms with Crippen LogP contribution in [-0.4, -0.2) is 53.2 Å². The zero-order valence-corrected chi connectivity index (χ0v) is 19.7. The molecule has 3 amide bonds. The lowest BCUT2D eigenvalue weighted by atomic mass is 9.95. The normalized spacial score (nSPS) is 23.4. The smallest absolute Gasteiger partial charge is 0.249 e. The Balaban J connectivity index is 1.43. The number of nitrogens with one attached hydrogen (secondary N) is 2. The lowest BCUT2D eigenvalue weighted by Gasteiger charge is -2.44. The number of thioether (sulfide) groups is 1. The zero-order chi connectivity index (χ0) is 24.0. The number of nitrogens with zero attached hydrogens (tertiary/aromatic N) is 1. The van der Waals surface area contributed by atoms with Crippen LogP contribution in [0.4, 0.5) is 5.69 Å². The van der Waals surface area contributed by atoms with Gasteiger partial charge in [0, 0.05) is 10.4 Å². The van der Waals surface area contributed by atoms with Gasteiger partial charge in [-0.3, -0.25) is 14.4 Å². The highest BCUT2D eigenvalue weighted by Gasteiger charge is 2.63. The SMILES string of the molecule is CC1(C)S[C@@H]2[C@H](NC(=O)Cc3ccccc3)C(=O)N2[C@H]1C(=O)Nc1ccc(S(N)(=O)=O)cc1. The van der Waals surface area contributed by atoms with Crippen molar-refractivity contribution in [2.45, 2.75) is 47.4 Å². The van der Waals surface area contributed by atoms with Crippen molar-refractivity contribution in [2.75, 3.05) is 5.32 Å². The van der Waals surface area contributed by atoms with Gasteiger partial charge in [0.15, 0.2) is 0 Å². The number of nitrogens with two attached hydrogens (primary N) is 1. The summed E-state index contributed by atoms with van der Waals surface area (Å²) in [7, 11) is -3.84. The summed E-state index contributed by atoms with van der Waals surface area (Å²) in [4.78, 5) is 39.8. The number of β-lactam (4-membered cyclic amide) rings is 1. The fraction of sp³-hybridized carbons (Fsp3) is 0.318. The predicted octanol–water partition coefficient (Wildman–Crippen LogP) is 1.06. The number of rotatable bonds is 6. The van der Waals surface area contributed by atoms with Gasteiger partial charge in [0.1, 0.15) is 17.5 Å². The number of benzene rings is 2. The number of carbonyl (C=O) groups is 3. The molecule has 2 saturated heterocycles. The van der Waals surface area contributed by atoms with E-state index in [2.05, 4.69) is 10.6 Å². The van der Waals surface area contributed by atoms with Crippen molar-refractivity contribution in [2.24, 2.45) is 5.14 Å². The number of primary sulfonamides is 1. The van der Waals surface area contributed by atoms with Gasteiger partial charge in [0.25, 0.3) is 0 Å². The van der Waals surface area contributed by atoms with Crippen LogP contribution in [0.1, 0.15) is 19.4 Å². The first kappa shape index (κ1) is 23.3. The molecular formula is C22H24N4O5S2. The van der Waals surface area contributed by atoms with Gasteiger partial charge in [-0.1, -0.05) is 30.3 Å². The van der Waals surface area contributed by atoms with Crippen LogP contribution in [0.2, 0.25) is 0 Å². The first-order chi connectivity index (χ1) is 15.5. The van der Waals surface area contributed by atoms with Crippen molar-refractivity contribution in [3.8, 4) is 0 Å². The lowest BCUT2D eigenvalue weighted by Crippen LogP contribution is -2.71. The molecule has 2 aliphatic rings. The van der Waals surface area contributed by atoms with Crippen LogP contribution < -0.4 is 15.8 Å². The maximum atomic E-state index is 13.1. The molecule has 2 fully saturated rings. The summed E-state index contributed by atoms with van der Waals surface area (Å²) in [6.45, 7) is 3.75. The molecular weight excluding hydrogens is 464 g/mol. The number of fused-ring (bicyclic) bond motifs is 1. The predicted molar refractivity (Wildman–Crippen MR) is 125 cm³/mol. The summed E-state index contributed by atoms with van der Waals surface area (Å²) in [6, 6.07) is 13.3. The molecule has 0 aromatic heterocycles. The van der Waals surface area contributed by atoms with E-state index in [1.807, 2.05) is 44.2 Å². The average Bonchev–Trinajstić information content (AvgIpc) is 3.00. The van der Waals surface area contributed by atoms with Crippen LogP contribution in [-0.2, 0) is 30.8 Å². The van der Waals surface area contributed by atoms with E-state index < -0.39 is 26.9 Å². The Morgan fingerprint density at radius 3 is 2.33 bits per heavy atom. The monoisotopic (exact) mass is 488 g/mol. The molecule has 0 unspecified atom stereocenters. The van der Waals surface area contributed by atoms with Crippen molar-refractivity contribution < 1.29 is 22.8 Å². The van der Waals surface area contributed by atoms with Crippen LogP contribution in [0.3, 0.4) is 0 Å². The molecule has 9 nitrogen and oxygen atoms in total. The van der Waals surface area contributed by atoms with Gasteiger partial charge in [0.2, 0.25) is 27.7 Å². The van der Waals surface area contributed by atoms with Crippen LogP contribution in [0.15, 0.2) is 59.5 Å². The molecule has 0 radical (unpaired) electrons. The van der Waals surface area contributed by atoms with Gasteiger partial charge in [-0.2, -0.15) is 0 Å². The number of sulfonamides is 1. The maximum Gasteiger partial charge on any atom is 0.249 e. The van der Waals surface area contributed by atoms with Gasteiger partial charge in [0.05, 0.1) is 11.3 Å². The molecule has 4 rings (SSSR count). The van der Waals surface area contributed by atoms with E-state index in [1.54, 1.807) is 0 Å². The van der Waals surface area contributed by atoms with Crippen LogP contribution in [0.25, 0.3) is 0 Å². The van der Waals surface area contributed by atoms with Gasteiger partial charge in [-0.15, -0.1) is 11.8 Å². The van der Waals surface area contributed by atoms with Crippen LogP contribution in [0, 0.1) is 0 Å². The fourth-order valence-corrected chi connectivity index (χ4v) is 6.26. The minimum Gasteiger partial charge on any atom is -0.341 e. The first-order valence-corrected chi connectivity index (χ1v) is 12.7. The Bertz CT molecular complexity index is 1200. The largest absolute Gasteiger partial charge is 0.341 e. The van der Waals surface area contributed by atoms with E-state index in [0.29, 0.717) is 5.69 Å². The van der Waals surface area contributed by atoms with Crippen molar-refractivity contribution in [3.63, 3.8) is 0 Å². The molecule has 3 atom stereocenters. The Hall–Kier alpha value is -2.89. The van der Waals surface area contributed by atoms with Gasteiger partial charge in [-0.25, -0.2) is 13.6 Å². The summed E-state index contributed by atoms with van der Waals surface area (Å²) in [5.41, 5.74) is 1.24. The van der Waals surface area contributed by atoms with E-state index in [9.17, 15) is 22.8 Å². The highest BCUT2D eigenvalue weighted by Crippen LogP contribution is 2.51. The third-order valence-corrected chi connectivity index (χ3v) is 8.16. The summed E-state index contributed by atoms with van der Waals surface area (Å²) < 4.78 is 22.2. The van der Waals surface area contributed by atoms with Gasteiger partial charge in [-0.05, 0) is 43.7 Å². The topological polar surface area (TPSA) is 139 Å². The molecule has 0 saturated carbocycles. The van der Waals surface area contributed by atoms with E-state index in [0.717, 1.165) is 5.56 Å². The number of hydrogen-bond acceptors (Lipinski definition) is 6. The van der Waals surface area contributed by atoms with Crippen molar-refractivity contribution in [3.05, 3.63) is 60.2 Å². The molecule has 2 aromatic carbocycles. The minimum absolute atomic E-state index is 0.0654. The Morgan fingerprint density at radius 1 is 1.09 bits per heavy atom. The molecule has 11 heteroatoms. The number of carbonyl (C=O) groups excluding carboxylic acids is 3. The molecule has 0 bridgehead atoms. The third kappa shape index (κ3) is 4.61. The fourth-order valence-electron chi connectivity index (χ4n) is 4.12. The number of anilines is 1. The maximum absolute atomic E-state index is 13.1. The molecule has 174 valence electrons. The molecule has 2 heterocycles. The second-order valence-corrected chi connectivity index (χ2v) is 11.9. The van der Waals surface area contributed by atoms with Crippen molar-refractivity contribution in [1.29, 1.82) is 0 Å². The van der Waals surface area contributed by atoms with Gasteiger partial charge >= 0.3 is 0 Å². The van der Waals surface area contributed by atoms with E-state index in [1.165, 1.54) is 40.9 Å². The highest BCUT2D eigenvalue weighted by atomic mass is 32.2. The minimum atomic E-state index is -3.84. The van der Waals surface area contributed by atoms with Gasteiger partial charge < -0.3 is 15.5 Å². The average molecular weight is 489 g/mol. The van der Waals surface area contributed by atoms with Crippen molar-refractivity contribution in [1.82, 2.24) is 10.2 Å². The zero-order valence-electron chi connectivity index (χ0n) is 18.0. The molecule has 0 spiro atoms. The van der Waals surface area contributed by atoms with E-state index in [4.69, 9.17) is 5.14 Å². The molecule has 33 heavy (non-hydrogen) atoms. The Kier molecular flexibility index (Phi) is 5.97. The number of hydrogen-bond donors (Lipinski definition) is 3. The summed E-state index contributed by atoms with van der Waals surface area (Å²) in [5, 5.41) is 10.3. The molecule has 2 aromatic rings. The molecule has 2 aliphatic heterocycles. The summed E-state index contributed by atoms with van der Waals surface area (Å²) >= 11 is 1.46. The van der Waals surface area contributed by atoms with Crippen LogP contribution >= 0.6 is 11.8 Å². The summed E-state index contributed by atoms with van der Waals surface area (Å²) in [6.07, 6.45) is 0.170. The Labute approximate surface area is 196 Å². The van der Waals surface area contributed by atoms with E-state index >= 15 is 0 Å². The standard InChI is InChI=1S/C22H24N4O5S2/c1-22(2)18(19(28)24-14-8-10-15(11-9-14)33(23,30)31)26-20(29)17(21(26)32-22)25-16(27)12-13-6-4-3-5-7-13/h3-11,17-18,21H,12H2,1-2H3,(H,24,28)(H,25,27)(H2,23,30,31)/t17-,18+,21-/m1/s1. The number of amides is 3. The second kappa shape index (κ2) is 8.47. The quantitative estimate of drug-likeness (QED) is 0.520. The highest BCUT2D eigenvalue weighted by molar-refractivity contribution is 8.01. The summed E-state index contributed by atoms with van der Waals surface area (Å²) in [5.74, 6) is -0.939. The second-order valence-electron chi connectivity index (χ2n) is 8.53. The van der Waals surface area contributed by atoms with E-state index in [-0.39, 0.29) is 34.4 Å². The van der Waals surface area contributed by atoms with Crippen LogP contribution in [0.5, 0.6) is 0 Å². The molecule has 4 N–H and O–H groups in total. The lowest BCUT2D eigenvalue weighted by molar-refractivity contribution is -0.154.